The molecular weight excluding hydrogens is 357 g/mol. The smallest absolute Gasteiger partial charge is 0.291 e. The van der Waals surface area contributed by atoms with Crippen molar-refractivity contribution in [2.45, 2.75) is 6.42 Å². The molecule has 26 heavy (non-hydrogen) atoms. The number of furan rings is 1. The summed E-state index contributed by atoms with van der Waals surface area (Å²) in [5.41, 5.74) is 2.53. The van der Waals surface area contributed by atoms with Gasteiger partial charge in [-0.2, -0.15) is 0 Å². The molecule has 0 unspecified atom stereocenters. The summed E-state index contributed by atoms with van der Waals surface area (Å²) in [7, 11) is 1.87. The minimum absolute atomic E-state index is 0.163. The maximum atomic E-state index is 13.6. The van der Waals surface area contributed by atoms with Crippen LogP contribution in [-0.2, 0) is 6.42 Å². The Labute approximate surface area is 154 Å². The first-order valence-electron chi connectivity index (χ1n) is 8.08. The van der Waals surface area contributed by atoms with E-state index < -0.39 is 11.7 Å². The van der Waals surface area contributed by atoms with Crippen molar-refractivity contribution in [2.24, 2.45) is 0 Å². The molecule has 0 saturated carbocycles. The maximum absolute atomic E-state index is 13.6. The molecule has 1 aromatic carbocycles. The second kappa shape index (κ2) is 6.46. The van der Waals surface area contributed by atoms with Crippen molar-refractivity contribution in [2.75, 3.05) is 23.8 Å². The highest BCUT2D eigenvalue weighted by Crippen LogP contribution is 2.36. The third-order valence-corrected chi connectivity index (χ3v) is 4.66. The Kier molecular flexibility index (Phi) is 4.12. The van der Waals surface area contributed by atoms with Crippen LogP contribution in [0.15, 0.2) is 47.0 Å². The SMILES string of the molecule is CN1CCc2cc(C(=O)Nc3ccccc3Cl)oc2-c2ncc(F)cc21. The van der Waals surface area contributed by atoms with Crippen LogP contribution >= 0.6 is 11.6 Å². The molecular formula is C19H15ClFN3O2. The van der Waals surface area contributed by atoms with E-state index in [4.69, 9.17) is 16.0 Å². The maximum Gasteiger partial charge on any atom is 0.291 e. The largest absolute Gasteiger partial charge is 0.449 e. The van der Waals surface area contributed by atoms with E-state index in [2.05, 4.69) is 10.3 Å². The van der Waals surface area contributed by atoms with Gasteiger partial charge in [0.25, 0.3) is 5.91 Å². The van der Waals surface area contributed by atoms with E-state index in [9.17, 15) is 9.18 Å². The molecule has 0 saturated heterocycles. The molecule has 0 bridgehead atoms. The number of hydrogen-bond donors (Lipinski definition) is 1. The lowest BCUT2D eigenvalue weighted by molar-refractivity contribution is 0.0997. The summed E-state index contributed by atoms with van der Waals surface area (Å²) in [5, 5.41) is 3.18. The fourth-order valence-corrected chi connectivity index (χ4v) is 3.16. The van der Waals surface area contributed by atoms with Gasteiger partial charge in [0.2, 0.25) is 0 Å². The lowest BCUT2D eigenvalue weighted by Gasteiger charge is -2.18. The highest BCUT2D eigenvalue weighted by atomic mass is 35.5. The fourth-order valence-electron chi connectivity index (χ4n) is 2.98. The molecule has 4 rings (SSSR count). The van der Waals surface area contributed by atoms with E-state index in [1.165, 1.54) is 6.07 Å². The van der Waals surface area contributed by atoms with Crippen LogP contribution in [0.3, 0.4) is 0 Å². The number of nitrogens with zero attached hydrogens (tertiary/aromatic N) is 2. The zero-order valence-electron chi connectivity index (χ0n) is 13.9. The van der Waals surface area contributed by atoms with Gasteiger partial charge >= 0.3 is 0 Å². The number of benzene rings is 1. The number of likely N-dealkylation sites (N-methyl/N-ethyl adjacent to an activating group) is 1. The van der Waals surface area contributed by atoms with Crippen molar-refractivity contribution in [1.29, 1.82) is 0 Å². The third kappa shape index (κ3) is 2.93. The van der Waals surface area contributed by atoms with Crippen molar-refractivity contribution < 1.29 is 13.6 Å². The molecule has 132 valence electrons. The molecule has 3 aromatic rings. The number of rotatable bonds is 2. The van der Waals surface area contributed by atoms with Gasteiger partial charge in [-0.3, -0.25) is 4.79 Å². The average Bonchev–Trinajstić information content (AvgIpc) is 3.01. The van der Waals surface area contributed by atoms with Crippen molar-refractivity contribution in [1.82, 2.24) is 4.98 Å². The minimum atomic E-state index is -0.415. The lowest BCUT2D eigenvalue weighted by Crippen LogP contribution is -2.19. The quantitative estimate of drug-likeness (QED) is 0.726. The zero-order chi connectivity index (χ0) is 18.3. The van der Waals surface area contributed by atoms with Crippen molar-refractivity contribution in [3.05, 3.63) is 64.8 Å². The summed E-state index contributed by atoms with van der Waals surface area (Å²) in [6, 6.07) is 10.1. The van der Waals surface area contributed by atoms with Crippen LogP contribution in [0.1, 0.15) is 16.1 Å². The number of carbonyl (C=O) groups excluding carboxylic acids is 1. The third-order valence-electron chi connectivity index (χ3n) is 4.33. The number of halogens is 2. The molecule has 0 atom stereocenters. The van der Waals surface area contributed by atoms with Gasteiger partial charge in [-0.1, -0.05) is 23.7 Å². The summed E-state index contributed by atoms with van der Waals surface area (Å²) in [4.78, 5) is 18.6. The Morgan fingerprint density at radius 3 is 2.96 bits per heavy atom. The van der Waals surface area contributed by atoms with Gasteiger partial charge in [0.1, 0.15) is 11.5 Å². The van der Waals surface area contributed by atoms with Crippen molar-refractivity contribution in [3.63, 3.8) is 0 Å². The van der Waals surface area contributed by atoms with Crippen molar-refractivity contribution >= 4 is 28.9 Å². The van der Waals surface area contributed by atoms with Gasteiger partial charge in [-0.15, -0.1) is 0 Å². The predicted octanol–water partition coefficient (Wildman–Crippen LogP) is 4.38. The molecule has 0 fully saturated rings. The average molecular weight is 372 g/mol. The van der Waals surface area contributed by atoms with Crippen molar-refractivity contribution in [3.8, 4) is 11.5 Å². The zero-order valence-corrected chi connectivity index (χ0v) is 14.7. The van der Waals surface area contributed by atoms with E-state index in [1.54, 1.807) is 30.3 Å². The minimum Gasteiger partial charge on any atom is -0.449 e. The Morgan fingerprint density at radius 1 is 1.35 bits per heavy atom. The molecule has 1 aliphatic rings. The summed E-state index contributed by atoms with van der Waals surface area (Å²) in [5.74, 6) is -0.157. The van der Waals surface area contributed by atoms with Gasteiger partial charge in [-0.25, -0.2) is 9.37 Å². The summed E-state index contributed by atoms with van der Waals surface area (Å²) >= 11 is 6.08. The number of pyridine rings is 1. The summed E-state index contributed by atoms with van der Waals surface area (Å²) in [6.07, 6.45) is 1.81. The van der Waals surface area contributed by atoms with E-state index in [0.29, 0.717) is 40.8 Å². The molecule has 1 N–H and O–H groups in total. The number of aromatic nitrogens is 1. The number of anilines is 2. The highest BCUT2D eigenvalue weighted by molar-refractivity contribution is 6.33. The van der Waals surface area contributed by atoms with Gasteiger partial charge in [0.05, 0.1) is 22.6 Å². The van der Waals surface area contributed by atoms with E-state index in [1.807, 2.05) is 11.9 Å². The number of carbonyl (C=O) groups is 1. The molecule has 2 aromatic heterocycles. The van der Waals surface area contributed by atoms with Crippen LogP contribution in [0.4, 0.5) is 15.8 Å². The fraction of sp³-hybridized carbons (Fsp3) is 0.158. The van der Waals surface area contributed by atoms with Crippen LogP contribution in [0.5, 0.6) is 0 Å². The molecule has 1 aliphatic heterocycles. The molecule has 3 heterocycles. The Morgan fingerprint density at radius 2 is 2.15 bits per heavy atom. The summed E-state index contributed by atoms with van der Waals surface area (Å²) < 4.78 is 19.4. The number of hydrogen-bond acceptors (Lipinski definition) is 4. The van der Waals surface area contributed by atoms with Crippen LogP contribution in [0.2, 0.25) is 5.02 Å². The molecule has 5 nitrogen and oxygen atoms in total. The second-order valence-electron chi connectivity index (χ2n) is 6.09. The van der Waals surface area contributed by atoms with Crippen LogP contribution in [0, 0.1) is 5.82 Å². The van der Waals surface area contributed by atoms with Gasteiger partial charge in [-0.05, 0) is 24.6 Å². The summed E-state index contributed by atoms with van der Waals surface area (Å²) in [6.45, 7) is 0.663. The van der Waals surface area contributed by atoms with Gasteiger partial charge < -0.3 is 14.6 Å². The van der Waals surface area contributed by atoms with E-state index in [0.717, 1.165) is 11.8 Å². The van der Waals surface area contributed by atoms with Gasteiger partial charge in [0, 0.05) is 25.2 Å². The first-order valence-corrected chi connectivity index (χ1v) is 8.46. The molecule has 7 heteroatoms. The lowest BCUT2D eigenvalue weighted by atomic mass is 10.1. The Hall–Kier alpha value is -2.86. The predicted molar refractivity (Wildman–Crippen MR) is 98.3 cm³/mol. The van der Waals surface area contributed by atoms with Crippen LogP contribution in [-0.4, -0.2) is 24.5 Å². The monoisotopic (exact) mass is 371 g/mol. The number of para-hydroxylation sites is 1. The van der Waals surface area contributed by atoms with E-state index >= 15 is 0 Å². The first-order chi connectivity index (χ1) is 12.5. The standard InChI is InChI=1S/C19H15ClFN3O2/c1-24-7-6-11-8-16(19(25)23-14-5-3-2-4-13(14)20)26-18(11)17-15(24)9-12(21)10-22-17/h2-5,8-10H,6-7H2,1H3,(H,23,25). The first kappa shape index (κ1) is 16.6. The molecule has 0 aliphatic carbocycles. The Bertz CT molecular complexity index is 1000. The topological polar surface area (TPSA) is 58.4 Å². The highest BCUT2D eigenvalue weighted by Gasteiger charge is 2.25. The number of amides is 1. The van der Waals surface area contributed by atoms with Crippen LogP contribution < -0.4 is 10.2 Å². The van der Waals surface area contributed by atoms with E-state index in [-0.39, 0.29) is 5.76 Å². The molecule has 1 amide bonds. The molecule has 0 spiro atoms. The second-order valence-corrected chi connectivity index (χ2v) is 6.50. The number of nitrogens with one attached hydrogen (secondary N) is 1. The Balaban J connectivity index is 1.71. The number of fused-ring (bicyclic) bond motifs is 3. The van der Waals surface area contributed by atoms with Gasteiger partial charge in [0.15, 0.2) is 11.5 Å². The molecule has 0 radical (unpaired) electrons. The normalized spacial score (nSPS) is 13.0. The van der Waals surface area contributed by atoms with Crippen LogP contribution in [0.25, 0.3) is 11.5 Å².